The number of nitrogens with zero attached hydrogens (tertiary/aromatic N) is 2. The number of hydrogen-bond donors (Lipinski definition) is 0. The molecular formula is C33H30FIN2O7S. The SMILES string of the molecule is CCOc1ccc([C@@H]2C(C(=O)OC)=CN=c3s/c(=C\c4cc(I)c(OCc5cccc(F)c5)c(OC)c4)c(=O)n32)cc1OCC. The van der Waals surface area contributed by atoms with Crippen molar-refractivity contribution < 1.29 is 32.9 Å². The number of ether oxygens (including phenoxy) is 5. The summed E-state index contributed by atoms with van der Waals surface area (Å²) in [6.07, 6.45) is 3.19. The van der Waals surface area contributed by atoms with Crippen molar-refractivity contribution in [3.05, 3.63) is 112 Å². The van der Waals surface area contributed by atoms with Crippen LogP contribution in [0.4, 0.5) is 4.39 Å². The molecule has 5 rings (SSSR count). The summed E-state index contributed by atoms with van der Waals surface area (Å²) in [5, 5.41) is 0. The van der Waals surface area contributed by atoms with Gasteiger partial charge in [-0.1, -0.05) is 29.5 Å². The zero-order chi connectivity index (χ0) is 32.1. The van der Waals surface area contributed by atoms with Gasteiger partial charge in [0.25, 0.3) is 5.56 Å². The zero-order valence-corrected chi connectivity index (χ0v) is 27.9. The van der Waals surface area contributed by atoms with Crippen molar-refractivity contribution >= 4 is 46.0 Å². The Hall–Kier alpha value is -4.17. The van der Waals surface area contributed by atoms with Gasteiger partial charge in [-0.2, -0.15) is 0 Å². The molecule has 3 aromatic carbocycles. The molecule has 9 nitrogen and oxygen atoms in total. The van der Waals surface area contributed by atoms with Crippen molar-refractivity contribution in [2.45, 2.75) is 26.5 Å². The predicted molar refractivity (Wildman–Crippen MR) is 176 cm³/mol. The van der Waals surface area contributed by atoms with E-state index in [0.717, 1.165) is 3.57 Å². The summed E-state index contributed by atoms with van der Waals surface area (Å²) < 4.78 is 44.5. The van der Waals surface area contributed by atoms with Gasteiger partial charge in [-0.05, 0) is 95.6 Å². The highest BCUT2D eigenvalue weighted by molar-refractivity contribution is 14.1. The van der Waals surface area contributed by atoms with Gasteiger partial charge < -0.3 is 23.7 Å². The van der Waals surface area contributed by atoms with Crippen LogP contribution >= 0.6 is 33.9 Å². The maximum absolute atomic E-state index is 14.0. The van der Waals surface area contributed by atoms with Crippen LogP contribution in [0.15, 0.2) is 76.2 Å². The quantitative estimate of drug-likeness (QED) is 0.155. The average Bonchev–Trinajstić information content (AvgIpc) is 3.35. The van der Waals surface area contributed by atoms with Gasteiger partial charge in [0.15, 0.2) is 27.8 Å². The number of methoxy groups -OCH3 is 2. The van der Waals surface area contributed by atoms with Crippen LogP contribution in [0.3, 0.4) is 0 Å². The van der Waals surface area contributed by atoms with Crippen molar-refractivity contribution in [1.82, 2.24) is 4.57 Å². The molecule has 0 N–H and O–H groups in total. The fourth-order valence-electron chi connectivity index (χ4n) is 4.88. The van der Waals surface area contributed by atoms with Gasteiger partial charge in [0.1, 0.15) is 12.4 Å². The topological polar surface area (TPSA) is 97.6 Å². The second-order valence-electron chi connectivity index (χ2n) is 9.70. The highest BCUT2D eigenvalue weighted by Crippen LogP contribution is 2.36. The number of halogens is 2. The van der Waals surface area contributed by atoms with E-state index in [-0.39, 0.29) is 23.6 Å². The molecule has 234 valence electrons. The lowest BCUT2D eigenvalue weighted by Crippen LogP contribution is -2.39. The van der Waals surface area contributed by atoms with Crippen molar-refractivity contribution in [2.24, 2.45) is 4.99 Å². The van der Waals surface area contributed by atoms with Crippen LogP contribution in [0.2, 0.25) is 0 Å². The van der Waals surface area contributed by atoms with Crippen LogP contribution < -0.4 is 33.8 Å². The van der Waals surface area contributed by atoms with E-state index in [1.807, 2.05) is 19.9 Å². The Morgan fingerprint density at radius 2 is 1.80 bits per heavy atom. The molecule has 12 heteroatoms. The highest BCUT2D eigenvalue weighted by atomic mass is 127. The molecule has 0 amide bonds. The molecule has 0 spiro atoms. The normalized spacial score (nSPS) is 14.2. The molecule has 0 unspecified atom stereocenters. The van der Waals surface area contributed by atoms with Crippen molar-refractivity contribution in [3.63, 3.8) is 0 Å². The summed E-state index contributed by atoms with van der Waals surface area (Å²) in [6, 6.07) is 14.3. The van der Waals surface area contributed by atoms with Crippen LogP contribution in [-0.4, -0.2) is 38.0 Å². The summed E-state index contributed by atoms with van der Waals surface area (Å²) >= 11 is 3.34. The van der Waals surface area contributed by atoms with E-state index in [1.54, 1.807) is 42.5 Å². The van der Waals surface area contributed by atoms with E-state index < -0.39 is 12.0 Å². The molecule has 2 heterocycles. The highest BCUT2D eigenvalue weighted by Gasteiger charge is 2.31. The third kappa shape index (κ3) is 6.91. The second-order valence-corrected chi connectivity index (χ2v) is 11.9. The first kappa shape index (κ1) is 32.2. The smallest absolute Gasteiger partial charge is 0.337 e. The number of aromatic nitrogens is 1. The fraction of sp³-hybridized carbons (Fsp3) is 0.242. The minimum Gasteiger partial charge on any atom is -0.493 e. The molecule has 0 fully saturated rings. The van der Waals surface area contributed by atoms with Gasteiger partial charge in [-0.25, -0.2) is 14.2 Å². The Balaban J connectivity index is 1.56. The van der Waals surface area contributed by atoms with E-state index in [4.69, 9.17) is 23.7 Å². The maximum Gasteiger partial charge on any atom is 0.337 e. The molecule has 4 aromatic rings. The Kier molecular flexibility index (Phi) is 10.2. The summed E-state index contributed by atoms with van der Waals surface area (Å²) in [4.78, 5) is 31.7. The Morgan fingerprint density at radius 3 is 2.51 bits per heavy atom. The number of fused-ring (bicyclic) bond motifs is 1. The summed E-state index contributed by atoms with van der Waals surface area (Å²) in [5.41, 5.74) is 1.89. The van der Waals surface area contributed by atoms with E-state index in [9.17, 15) is 14.0 Å². The summed E-state index contributed by atoms with van der Waals surface area (Å²) in [7, 11) is 2.81. The van der Waals surface area contributed by atoms with Gasteiger partial charge in [0, 0.05) is 6.20 Å². The summed E-state index contributed by atoms with van der Waals surface area (Å²) in [6.45, 7) is 4.75. The van der Waals surface area contributed by atoms with Crippen LogP contribution in [0.5, 0.6) is 23.0 Å². The predicted octanol–water partition coefficient (Wildman–Crippen LogP) is 5.15. The maximum atomic E-state index is 14.0. The lowest BCUT2D eigenvalue weighted by atomic mass is 9.97. The first-order chi connectivity index (χ1) is 21.8. The molecule has 0 aliphatic carbocycles. The molecule has 1 aliphatic rings. The van der Waals surface area contributed by atoms with E-state index in [1.165, 1.54) is 48.5 Å². The number of benzene rings is 3. The molecule has 1 aromatic heterocycles. The molecule has 0 saturated carbocycles. The molecule has 0 saturated heterocycles. The molecule has 0 bridgehead atoms. The van der Waals surface area contributed by atoms with Crippen molar-refractivity contribution in [1.29, 1.82) is 0 Å². The van der Waals surface area contributed by atoms with Crippen LogP contribution in [0.25, 0.3) is 6.08 Å². The average molecular weight is 745 g/mol. The van der Waals surface area contributed by atoms with Gasteiger partial charge in [0.05, 0.1) is 47.2 Å². The van der Waals surface area contributed by atoms with Gasteiger partial charge in [0.2, 0.25) is 0 Å². The molecule has 45 heavy (non-hydrogen) atoms. The minimum atomic E-state index is -0.806. The Bertz CT molecular complexity index is 1950. The number of hydrogen-bond acceptors (Lipinski definition) is 9. The van der Waals surface area contributed by atoms with Crippen molar-refractivity contribution in [3.8, 4) is 23.0 Å². The van der Waals surface area contributed by atoms with Gasteiger partial charge >= 0.3 is 5.97 Å². The number of carbonyl (C=O) groups excluding carboxylic acids is 1. The molecule has 1 atom stereocenters. The third-order valence-electron chi connectivity index (χ3n) is 6.83. The van der Waals surface area contributed by atoms with Gasteiger partial charge in [-0.3, -0.25) is 9.36 Å². The molecule has 1 aliphatic heterocycles. The lowest BCUT2D eigenvalue weighted by Gasteiger charge is -2.23. The van der Waals surface area contributed by atoms with E-state index in [2.05, 4.69) is 27.6 Å². The number of rotatable bonds is 11. The third-order valence-corrected chi connectivity index (χ3v) is 8.63. The van der Waals surface area contributed by atoms with E-state index in [0.29, 0.717) is 62.2 Å². The van der Waals surface area contributed by atoms with Gasteiger partial charge in [-0.15, -0.1) is 0 Å². The molecule has 0 radical (unpaired) electrons. The number of esters is 1. The van der Waals surface area contributed by atoms with Crippen LogP contribution in [0, 0.1) is 9.39 Å². The Morgan fingerprint density at radius 1 is 1.02 bits per heavy atom. The first-order valence-corrected chi connectivity index (χ1v) is 15.9. The molecular weight excluding hydrogens is 714 g/mol. The van der Waals surface area contributed by atoms with Crippen LogP contribution in [0.1, 0.15) is 36.6 Å². The monoisotopic (exact) mass is 744 g/mol. The zero-order valence-electron chi connectivity index (χ0n) is 25.0. The van der Waals surface area contributed by atoms with Crippen LogP contribution in [-0.2, 0) is 16.1 Å². The lowest BCUT2D eigenvalue weighted by molar-refractivity contribution is -0.136. The fourth-order valence-corrected chi connectivity index (χ4v) is 6.63. The van der Waals surface area contributed by atoms with E-state index >= 15 is 0 Å². The largest absolute Gasteiger partial charge is 0.493 e. The minimum absolute atomic E-state index is 0.154. The summed E-state index contributed by atoms with van der Waals surface area (Å²) in [5.74, 6) is 1.09. The standard InChI is InChI=1S/C33H30FIN2O7S/c1-5-42-25-11-10-21(16-26(25)43-6-2)29-23(32(39)41-4)17-36-33-37(29)31(38)28(45-33)15-20-13-24(35)30(27(14-20)40-3)44-18-19-8-7-9-22(34)12-19/h7-17,29H,5-6,18H2,1-4H3/b28-15-/t29-/m1/s1. The number of carbonyl (C=O) groups is 1. The van der Waals surface area contributed by atoms with Crippen molar-refractivity contribution in [2.75, 3.05) is 27.4 Å². The second kappa shape index (κ2) is 14.3. The first-order valence-electron chi connectivity index (χ1n) is 14.0. The number of thiazole rings is 1. The Labute approximate surface area is 276 Å².